The topological polar surface area (TPSA) is 57.0 Å². The Labute approximate surface area is 159 Å². The largest absolute Gasteiger partial charge is 0.484 e. The average molecular weight is 392 g/mol. The molecule has 0 aromatic carbocycles. The van der Waals surface area contributed by atoms with Crippen LogP contribution < -0.4 is 10.3 Å². The second kappa shape index (κ2) is 7.44. The molecule has 1 unspecified atom stereocenters. The molecule has 0 aliphatic rings. The van der Waals surface area contributed by atoms with Crippen molar-refractivity contribution in [2.24, 2.45) is 0 Å². The molecule has 8 heteroatoms. The zero-order chi connectivity index (χ0) is 19.7. The van der Waals surface area contributed by atoms with Crippen LogP contribution in [0, 0.1) is 25.5 Å². The van der Waals surface area contributed by atoms with E-state index in [4.69, 9.17) is 16.3 Å². The first-order chi connectivity index (χ1) is 12.8. The normalized spacial score (nSPS) is 12.1. The van der Waals surface area contributed by atoms with Crippen LogP contribution in [0.15, 0.2) is 41.5 Å². The van der Waals surface area contributed by atoms with Gasteiger partial charge in [0.25, 0.3) is 5.56 Å². The molecule has 0 aliphatic heterocycles. The molecular weight excluding hydrogens is 376 g/mol. The van der Waals surface area contributed by atoms with E-state index in [2.05, 4.69) is 9.97 Å². The summed E-state index contributed by atoms with van der Waals surface area (Å²) < 4.78 is 34.0. The number of halogens is 3. The molecule has 0 N–H and O–H groups in total. The number of nitrogens with zero attached hydrogens (tertiary/aromatic N) is 3. The van der Waals surface area contributed by atoms with E-state index in [0.717, 1.165) is 17.8 Å². The van der Waals surface area contributed by atoms with Crippen LogP contribution in [-0.4, -0.2) is 14.5 Å². The summed E-state index contributed by atoms with van der Waals surface area (Å²) in [7, 11) is 0. The van der Waals surface area contributed by atoms with E-state index in [9.17, 15) is 13.6 Å². The van der Waals surface area contributed by atoms with Crippen molar-refractivity contribution in [1.82, 2.24) is 14.5 Å². The molecule has 3 heterocycles. The summed E-state index contributed by atoms with van der Waals surface area (Å²) in [6.07, 6.45) is 1.69. The van der Waals surface area contributed by atoms with Crippen molar-refractivity contribution in [1.29, 1.82) is 0 Å². The molecule has 0 aliphatic carbocycles. The smallest absolute Gasteiger partial charge is 0.259 e. The first-order valence-corrected chi connectivity index (χ1v) is 8.48. The highest BCUT2D eigenvalue weighted by Crippen LogP contribution is 2.24. The van der Waals surface area contributed by atoms with Gasteiger partial charge >= 0.3 is 0 Å². The van der Waals surface area contributed by atoms with Gasteiger partial charge in [0.15, 0.2) is 5.82 Å². The van der Waals surface area contributed by atoms with Gasteiger partial charge in [0.1, 0.15) is 28.5 Å². The van der Waals surface area contributed by atoms with Gasteiger partial charge in [-0.3, -0.25) is 14.3 Å². The fourth-order valence-electron chi connectivity index (χ4n) is 2.76. The zero-order valence-corrected chi connectivity index (χ0v) is 15.6. The molecule has 27 heavy (non-hydrogen) atoms. The number of ether oxygens (including phenoxy) is 1. The van der Waals surface area contributed by atoms with E-state index < -0.39 is 17.7 Å². The quantitative estimate of drug-likeness (QED) is 0.622. The SMILES string of the molecule is Cc1cnc(Cl)cc1-n1c(C)cc(OC(C)c2ncc(F)cc2F)cc1=O. The van der Waals surface area contributed by atoms with E-state index in [-0.39, 0.29) is 22.2 Å². The lowest BCUT2D eigenvalue weighted by molar-refractivity contribution is 0.214. The number of aryl methyl sites for hydroxylation is 2. The number of hydrogen-bond acceptors (Lipinski definition) is 4. The third-order valence-electron chi connectivity index (χ3n) is 4.01. The summed E-state index contributed by atoms with van der Waals surface area (Å²) in [6.45, 7) is 5.13. The molecule has 3 aromatic heterocycles. The molecule has 3 rings (SSSR count). The molecule has 0 saturated carbocycles. The van der Waals surface area contributed by atoms with E-state index >= 15 is 0 Å². The van der Waals surface area contributed by atoms with Crippen LogP contribution in [0.25, 0.3) is 5.69 Å². The van der Waals surface area contributed by atoms with Crippen molar-refractivity contribution in [2.45, 2.75) is 26.9 Å². The van der Waals surface area contributed by atoms with Crippen LogP contribution in [0.1, 0.15) is 30.0 Å². The zero-order valence-electron chi connectivity index (χ0n) is 14.8. The minimum absolute atomic E-state index is 0.0463. The van der Waals surface area contributed by atoms with Crippen LogP contribution >= 0.6 is 11.6 Å². The van der Waals surface area contributed by atoms with Gasteiger partial charge in [-0.1, -0.05) is 11.6 Å². The highest BCUT2D eigenvalue weighted by molar-refractivity contribution is 6.29. The standard InChI is InChI=1S/C19H16ClF2N3O2/c1-10-8-23-17(20)7-16(10)25-11(2)4-14(6-18(25)26)27-12(3)19-15(22)5-13(21)9-24-19/h4-9,12H,1-3H3. The molecule has 1 atom stereocenters. The van der Waals surface area contributed by atoms with Crippen LogP contribution in [0.5, 0.6) is 5.75 Å². The summed E-state index contributed by atoms with van der Waals surface area (Å²) >= 11 is 5.94. The Balaban J connectivity index is 1.95. The van der Waals surface area contributed by atoms with Gasteiger partial charge in [0, 0.05) is 30.1 Å². The van der Waals surface area contributed by atoms with Crippen molar-refractivity contribution in [3.63, 3.8) is 0 Å². The Kier molecular flexibility index (Phi) is 5.23. The Bertz CT molecular complexity index is 1070. The lowest BCUT2D eigenvalue weighted by Gasteiger charge is -2.17. The van der Waals surface area contributed by atoms with Crippen LogP contribution in [0.3, 0.4) is 0 Å². The van der Waals surface area contributed by atoms with Gasteiger partial charge in [-0.15, -0.1) is 0 Å². The minimum atomic E-state index is -0.811. The van der Waals surface area contributed by atoms with Crippen molar-refractivity contribution in [2.75, 3.05) is 0 Å². The summed E-state index contributed by atoms with van der Waals surface area (Å²) in [5.74, 6) is -1.33. The minimum Gasteiger partial charge on any atom is -0.484 e. The van der Waals surface area contributed by atoms with Crippen molar-refractivity contribution in [3.05, 3.63) is 80.8 Å². The summed E-state index contributed by atoms with van der Waals surface area (Å²) in [5, 5.41) is 0.272. The van der Waals surface area contributed by atoms with Gasteiger partial charge < -0.3 is 4.74 Å². The summed E-state index contributed by atoms with van der Waals surface area (Å²) in [5.41, 5.74) is 1.61. The highest BCUT2D eigenvalue weighted by atomic mass is 35.5. The van der Waals surface area contributed by atoms with E-state index in [1.807, 2.05) is 6.92 Å². The molecule has 0 bridgehead atoms. The fourth-order valence-corrected chi connectivity index (χ4v) is 2.91. The van der Waals surface area contributed by atoms with Crippen LogP contribution in [0.2, 0.25) is 5.15 Å². The van der Waals surface area contributed by atoms with Crippen LogP contribution in [-0.2, 0) is 0 Å². The van der Waals surface area contributed by atoms with Crippen molar-refractivity contribution >= 4 is 11.6 Å². The number of rotatable bonds is 4. The lowest BCUT2D eigenvalue weighted by Crippen LogP contribution is -2.21. The van der Waals surface area contributed by atoms with Gasteiger partial charge in [-0.2, -0.15) is 0 Å². The summed E-state index contributed by atoms with van der Waals surface area (Å²) in [6, 6.07) is 5.28. The molecule has 5 nitrogen and oxygen atoms in total. The van der Waals surface area contributed by atoms with Crippen molar-refractivity contribution in [3.8, 4) is 11.4 Å². The monoisotopic (exact) mass is 391 g/mol. The van der Waals surface area contributed by atoms with Crippen LogP contribution in [0.4, 0.5) is 8.78 Å². The average Bonchev–Trinajstić information content (AvgIpc) is 2.57. The molecular formula is C19H16ClF2N3O2. The Hall–Kier alpha value is -2.80. The first kappa shape index (κ1) is 19.0. The molecule has 0 fully saturated rings. The van der Waals surface area contributed by atoms with Gasteiger partial charge in [-0.25, -0.2) is 13.8 Å². The molecule has 3 aromatic rings. The second-order valence-corrected chi connectivity index (χ2v) is 6.47. The molecule has 0 spiro atoms. The van der Waals surface area contributed by atoms with Gasteiger partial charge in [0.2, 0.25) is 0 Å². The lowest BCUT2D eigenvalue weighted by atomic mass is 10.2. The van der Waals surface area contributed by atoms with Gasteiger partial charge in [-0.05, 0) is 32.4 Å². The van der Waals surface area contributed by atoms with E-state index in [0.29, 0.717) is 11.4 Å². The molecule has 0 saturated heterocycles. The number of aromatic nitrogens is 3. The Morgan fingerprint density at radius 3 is 2.52 bits per heavy atom. The second-order valence-electron chi connectivity index (χ2n) is 6.08. The highest BCUT2D eigenvalue weighted by Gasteiger charge is 2.17. The third-order valence-corrected chi connectivity index (χ3v) is 4.21. The van der Waals surface area contributed by atoms with E-state index in [1.165, 1.54) is 10.6 Å². The Morgan fingerprint density at radius 2 is 1.85 bits per heavy atom. The molecule has 0 radical (unpaired) electrons. The third kappa shape index (κ3) is 3.98. The predicted molar refractivity (Wildman–Crippen MR) is 97.5 cm³/mol. The number of pyridine rings is 3. The molecule has 0 amide bonds. The van der Waals surface area contributed by atoms with E-state index in [1.54, 1.807) is 32.2 Å². The summed E-state index contributed by atoms with van der Waals surface area (Å²) in [4.78, 5) is 20.3. The maximum atomic E-state index is 13.9. The Morgan fingerprint density at radius 1 is 1.11 bits per heavy atom. The molecule has 140 valence electrons. The first-order valence-electron chi connectivity index (χ1n) is 8.10. The van der Waals surface area contributed by atoms with Crippen molar-refractivity contribution < 1.29 is 13.5 Å². The maximum Gasteiger partial charge on any atom is 0.259 e. The fraction of sp³-hybridized carbons (Fsp3) is 0.211. The van der Waals surface area contributed by atoms with Gasteiger partial charge in [0.05, 0.1) is 11.9 Å². The number of hydrogen-bond donors (Lipinski definition) is 0. The predicted octanol–water partition coefficient (Wildman–Crippen LogP) is 4.32. The maximum absolute atomic E-state index is 13.9.